The first-order valence-corrected chi connectivity index (χ1v) is 11.5. The summed E-state index contributed by atoms with van der Waals surface area (Å²) in [4.78, 5) is 26.4. The van der Waals surface area contributed by atoms with E-state index in [1.807, 2.05) is 30.6 Å². The van der Waals surface area contributed by atoms with Crippen LogP contribution in [0.4, 0.5) is 11.6 Å². The molecule has 0 spiro atoms. The van der Waals surface area contributed by atoms with Gasteiger partial charge in [0.1, 0.15) is 11.4 Å². The van der Waals surface area contributed by atoms with Crippen LogP contribution in [0.3, 0.4) is 0 Å². The molecule has 33 heavy (non-hydrogen) atoms. The molecule has 172 valence electrons. The third kappa shape index (κ3) is 6.10. The van der Waals surface area contributed by atoms with Gasteiger partial charge in [0.05, 0.1) is 10.0 Å². The van der Waals surface area contributed by atoms with Crippen LogP contribution in [-0.2, 0) is 13.1 Å². The lowest BCUT2D eigenvalue weighted by Crippen LogP contribution is -2.39. The average Bonchev–Trinajstić information content (AvgIpc) is 2.83. The van der Waals surface area contributed by atoms with Crippen molar-refractivity contribution in [1.29, 1.82) is 5.41 Å². The van der Waals surface area contributed by atoms with E-state index in [9.17, 15) is 4.79 Å². The van der Waals surface area contributed by atoms with Crippen molar-refractivity contribution in [3.63, 3.8) is 0 Å². The summed E-state index contributed by atoms with van der Waals surface area (Å²) in [6.45, 7) is 3.14. The molecule has 0 bridgehead atoms. The van der Waals surface area contributed by atoms with Crippen LogP contribution in [0, 0.1) is 5.41 Å². The van der Waals surface area contributed by atoms with Crippen molar-refractivity contribution < 1.29 is 0 Å². The molecule has 8 nitrogen and oxygen atoms in total. The molecule has 1 aliphatic rings. The van der Waals surface area contributed by atoms with Crippen molar-refractivity contribution in [2.45, 2.75) is 32.0 Å². The second kappa shape index (κ2) is 10.8. The lowest BCUT2D eigenvalue weighted by Gasteiger charge is -2.32. The second-order valence-corrected chi connectivity index (χ2v) is 8.79. The van der Waals surface area contributed by atoms with Crippen molar-refractivity contribution >= 4 is 41.1 Å². The van der Waals surface area contributed by atoms with Crippen molar-refractivity contribution in [3.8, 4) is 0 Å². The minimum Gasteiger partial charge on any atom is -0.376 e. The first-order valence-electron chi connectivity index (χ1n) is 10.7. The number of H-pyrrole nitrogens is 1. The number of anilines is 2. The van der Waals surface area contributed by atoms with E-state index in [1.54, 1.807) is 12.1 Å². The molecule has 3 heterocycles. The smallest absolute Gasteiger partial charge is 0.276 e. The predicted octanol–water partition coefficient (Wildman–Crippen LogP) is 4.16. The number of hydrogen-bond donors (Lipinski definition) is 4. The van der Waals surface area contributed by atoms with E-state index in [4.69, 9.17) is 28.6 Å². The van der Waals surface area contributed by atoms with Gasteiger partial charge in [-0.3, -0.25) is 19.7 Å². The topological polar surface area (TPSA) is 110 Å². The molecule has 0 saturated carbocycles. The molecule has 4 N–H and O–H groups in total. The molecule has 1 saturated heterocycles. The zero-order valence-electron chi connectivity index (χ0n) is 17.9. The molecule has 1 aliphatic heterocycles. The summed E-state index contributed by atoms with van der Waals surface area (Å²) in [7, 11) is 0. The Morgan fingerprint density at radius 2 is 1.88 bits per heavy atom. The van der Waals surface area contributed by atoms with Gasteiger partial charge in [-0.25, -0.2) is 4.98 Å². The van der Waals surface area contributed by atoms with Crippen molar-refractivity contribution in [2.24, 2.45) is 0 Å². The number of nitrogens with one attached hydrogen (secondary N) is 4. The van der Waals surface area contributed by atoms with Crippen LogP contribution in [-0.4, -0.2) is 45.2 Å². The summed E-state index contributed by atoms with van der Waals surface area (Å²) >= 11 is 12.0. The van der Waals surface area contributed by atoms with Crippen molar-refractivity contribution in [3.05, 3.63) is 79.9 Å². The standard InChI is InChI=1S/C23H25Cl2N7O/c24-18-2-1-16(11-19(18)25)13-28-23-30-20(12-26)21(22(33)31-23)29-17-5-9-32(10-6-17)14-15-3-7-27-8-4-15/h1-4,7-8,11-12,17,26,29H,5-6,9-10,13-14H2,(H2,28,30,31,33). The highest BCUT2D eigenvalue weighted by atomic mass is 35.5. The summed E-state index contributed by atoms with van der Waals surface area (Å²) in [6.07, 6.45) is 6.52. The van der Waals surface area contributed by atoms with E-state index in [0.29, 0.717) is 33.9 Å². The van der Waals surface area contributed by atoms with E-state index in [-0.39, 0.29) is 11.6 Å². The number of hydrogen-bond acceptors (Lipinski definition) is 7. The molecule has 3 aromatic rings. The molecule has 0 radical (unpaired) electrons. The molecule has 0 amide bonds. The number of aromatic amines is 1. The Hall–Kier alpha value is -2.94. The highest BCUT2D eigenvalue weighted by molar-refractivity contribution is 6.42. The molecule has 1 aromatic carbocycles. The number of nitrogens with zero attached hydrogens (tertiary/aromatic N) is 3. The monoisotopic (exact) mass is 485 g/mol. The molecule has 1 fully saturated rings. The molecular weight excluding hydrogens is 461 g/mol. The van der Waals surface area contributed by atoms with Crippen molar-refractivity contribution in [2.75, 3.05) is 23.7 Å². The summed E-state index contributed by atoms with van der Waals surface area (Å²) in [6, 6.07) is 9.52. The normalized spacial score (nSPS) is 14.7. The van der Waals surface area contributed by atoms with Crippen LogP contribution < -0.4 is 16.2 Å². The number of aromatic nitrogens is 3. The predicted molar refractivity (Wildman–Crippen MR) is 133 cm³/mol. The Balaban J connectivity index is 1.36. The fraction of sp³-hybridized carbons (Fsp3) is 0.304. The van der Waals surface area contributed by atoms with Crippen LogP contribution in [0.5, 0.6) is 0 Å². The molecule has 0 aliphatic carbocycles. The first-order chi connectivity index (χ1) is 16.0. The zero-order valence-corrected chi connectivity index (χ0v) is 19.5. The maximum atomic E-state index is 12.8. The average molecular weight is 486 g/mol. The van der Waals surface area contributed by atoms with Crippen LogP contribution in [0.15, 0.2) is 47.5 Å². The summed E-state index contributed by atoms with van der Waals surface area (Å²) in [5.41, 5.74) is 2.46. The highest BCUT2D eigenvalue weighted by Gasteiger charge is 2.21. The fourth-order valence-corrected chi connectivity index (χ4v) is 4.16. The van der Waals surface area contributed by atoms with E-state index in [1.165, 1.54) is 5.56 Å². The molecular formula is C23H25Cl2N7O. The van der Waals surface area contributed by atoms with Gasteiger partial charge in [-0.05, 0) is 48.2 Å². The summed E-state index contributed by atoms with van der Waals surface area (Å²) < 4.78 is 0. The summed E-state index contributed by atoms with van der Waals surface area (Å²) in [5.74, 6) is 0.294. The zero-order chi connectivity index (χ0) is 23.2. The van der Waals surface area contributed by atoms with Crippen LogP contribution in [0.2, 0.25) is 10.0 Å². The van der Waals surface area contributed by atoms with Gasteiger partial charge >= 0.3 is 0 Å². The van der Waals surface area contributed by atoms with Gasteiger partial charge in [0, 0.05) is 50.8 Å². The van der Waals surface area contributed by atoms with Gasteiger partial charge in [0.2, 0.25) is 5.95 Å². The van der Waals surface area contributed by atoms with E-state index in [0.717, 1.165) is 44.3 Å². The number of piperidine rings is 1. The maximum absolute atomic E-state index is 12.8. The number of rotatable bonds is 8. The van der Waals surface area contributed by atoms with E-state index in [2.05, 4.69) is 30.5 Å². The van der Waals surface area contributed by atoms with Gasteiger partial charge in [0.15, 0.2) is 0 Å². The lowest BCUT2D eigenvalue weighted by molar-refractivity contribution is 0.211. The largest absolute Gasteiger partial charge is 0.376 e. The number of pyridine rings is 1. The minimum absolute atomic E-state index is 0.148. The molecule has 0 unspecified atom stereocenters. The second-order valence-electron chi connectivity index (χ2n) is 7.97. The molecule has 4 rings (SSSR count). The Kier molecular flexibility index (Phi) is 7.59. The van der Waals surface area contributed by atoms with Gasteiger partial charge in [0.25, 0.3) is 5.56 Å². The third-order valence-electron chi connectivity index (χ3n) is 5.62. The number of likely N-dealkylation sites (tertiary alicyclic amines) is 1. The van der Waals surface area contributed by atoms with Crippen LogP contribution >= 0.6 is 23.2 Å². The minimum atomic E-state index is -0.306. The third-order valence-corrected chi connectivity index (χ3v) is 6.36. The highest BCUT2D eigenvalue weighted by Crippen LogP contribution is 2.23. The van der Waals surface area contributed by atoms with Gasteiger partial charge in [-0.2, -0.15) is 0 Å². The Labute approximate surface area is 201 Å². The number of halogens is 2. The number of benzene rings is 1. The molecule has 10 heteroatoms. The SMILES string of the molecule is N=Cc1nc(NCc2ccc(Cl)c(Cl)c2)[nH]c(=O)c1NC1CCN(Cc2ccncc2)CC1. The van der Waals surface area contributed by atoms with Gasteiger partial charge < -0.3 is 16.0 Å². The van der Waals surface area contributed by atoms with Gasteiger partial charge in [-0.1, -0.05) is 29.3 Å². The Morgan fingerprint density at radius 3 is 2.58 bits per heavy atom. The summed E-state index contributed by atoms with van der Waals surface area (Å²) in [5, 5.41) is 15.1. The molecule has 2 aromatic heterocycles. The van der Waals surface area contributed by atoms with E-state index >= 15 is 0 Å². The van der Waals surface area contributed by atoms with Crippen LogP contribution in [0.1, 0.15) is 29.7 Å². The van der Waals surface area contributed by atoms with Crippen molar-refractivity contribution in [1.82, 2.24) is 19.9 Å². The fourth-order valence-electron chi connectivity index (χ4n) is 3.84. The van der Waals surface area contributed by atoms with Gasteiger partial charge in [-0.15, -0.1) is 0 Å². The van der Waals surface area contributed by atoms with E-state index < -0.39 is 0 Å². The Bertz CT molecular complexity index is 1160. The first kappa shape index (κ1) is 23.2. The molecule has 0 atom stereocenters. The Morgan fingerprint density at radius 1 is 1.12 bits per heavy atom. The quantitative estimate of drug-likeness (QED) is 0.356. The lowest BCUT2D eigenvalue weighted by atomic mass is 10.0. The van der Waals surface area contributed by atoms with Crippen LogP contribution in [0.25, 0.3) is 0 Å². The maximum Gasteiger partial charge on any atom is 0.276 e.